The van der Waals surface area contributed by atoms with E-state index in [2.05, 4.69) is 46.5 Å². The van der Waals surface area contributed by atoms with Crippen LogP contribution in [0.1, 0.15) is 34.1 Å². The van der Waals surface area contributed by atoms with Crippen LogP contribution in [0.3, 0.4) is 0 Å². The van der Waals surface area contributed by atoms with Crippen LogP contribution in [-0.2, 0) is 6.54 Å². The van der Waals surface area contributed by atoms with Crippen molar-refractivity contribution in [2.45, 2.75) is 31.3 Å². The first-order chi connectivity index (χ1) is 12.7. The van der Waals surface area contributed by atoms with E-state index < -0.39 is 0 Å². The van der Waals surface area contributed by atoms with Gasteiger partial charge in [-0.3, -0.25) is 0 Å². The zero-order chi connectivity index (χ0) is 18.1. The predicted molar refractivity (Wildman–Crippen MR) is 115 cm³/mol. The number of allylic oxidation sites excluding steroid dienone is 1. The molecule has 2 atom stereocenters. The van der Waals surface area contributed by atoms with Gasteiger partial charge in [-0.15, -0.1) is 22.7 Å². The van der Waals surface area contributed by atoms with Crippen LogP contribution >= 0.6 is 34.3 Å². The standard InChI is InChI=1S/C20H20ClN3S2/c1-2-13-18-20(26-19(13)14-7-3-4-8-15(14)22)16(10-17(21)24-18)23-11-12-6-5-9-25-12/h2-6,9-10,14-15H,1,7-8,11,22H2,(H,23,24)/t14-,15?/m0/s1. The lowest BCUT2D eigenvalue weighted by Crippen LogP contribution is -2.29. The summed E-state index contributed by atoms with van der Waals surface area (Å²) >= 11 is 9.83. The Morgan fingerprint density at radius 2 is 2.23 bits per heavy atom. The van der Waals surface area contributed by atoms with Gasteiger partial charge in [-0.2, -0.15) is 0 Å². The summed E-state index contributed by atoms with van der Waals surface area (Å²) in [5.74, 6) is 0.302. The lowest BCUT2D eigenvalue weighted by atomic mass is 9.87. The maximum atomic E-state index is 6.41. The first-order valence-electron chi connectivity index (χ1n) is 8.59. The van der Waals surface area contributed by atoms with E-state index in [-0.39, 0.29) is 6.04 Å². The molecule has 3 nitrogen and oxygen atoms in total. The molecule has 0 spiro atoms. The Bertz CT molecular complexity index is 959. The minimum atomic E-state index is 0.129. The van der Waals surface area contributed by atoms with Gasteiger partial charge in [-0.1, -0.05) is 42.5 Å². The van der Waals surface area contributed by atoms with Gasteiger partial charge in [-0.25, -0.2) is 4.98 Å². The number of nitrogens with zero attached hydrogens (tertiary/aromatic N) is 1. The number of hydrogen-bond donors (Lipinski definition) is 2. The fourth-order valence-corrected chi connectivity index (χ4v) is 5.67. The molecule has 4 rings (SSSR count). The molecule has 0 aliphatic heterocycles. The zero-order valence-corrected chi connectivity index (χ0v) is 16.6. The summed E-state index contributed by atoms with van der Waals surface area (Å²) < 4.78 is 1.12. The summed E-state index contributed by atoms with van der Waals surface area (Å²) in [5, 5.41) is 6.11. The molecule has 1 aliphatic carbocycles. The number of aromatic nitrogens is 1. The normalized spacial score (nSPS) is 19.8. The van der Waals surface area contributed by atoms with Crippen molar-refractivity contribution in [1.29, 1.82) is 0 Å². The summed E-state index contributed by atoms with van der Waals surface area (Å²) in [6.07, 6.45) is 8.16. The first kappa shape index (κ1) is 17.7. The van der Waals surface area contributed by atoms with E-state index in [0.29, 0.717) is 11.1 Å². The molecule has 0 saturated carbocycles. The van der Waals surface area contributed by atoms with Gasteiger partial charge in [0.25, 0.3) is 0 Å². The fraction of sp³-hybridized carbons (Fsp3) is 0.250. The predicted octanol–water partition coefficient (Wildman–Crippen LogP) is 6.03. The van der Waals surface area contributed by atoms with E-state index in [1.807, 2.05) is 12.1 Å². The SMILES string of the molecule is C=Cc1c([C@H]2CC=CCC2N)sc2c(NCc3cccs3)cc(Cl)nc12. The largest absolute Gasteiger partial charge is 0.379 e. The summed E-state index contributed by atoms with van der Waals surface area (Å²) in [7, 11) is 0. The van der Waals surface area contributed by atoms with E-state index in [9.17, 15) is 0 Å². The molecule has 0 fully saturated rings. The molecule has 3 heterocycles. The van der Waals surface area contributed by atoms with Crippen LogP contribution in [0.4, 0.5) is 5.69 Å². The van der Waals surface area contributed by atoms with Crippen LogP contribution in [0.5, 0.6) is 0 Å². The molecule has 1 unspecified atom stereocenters. The third kappa shape index (κ3) is 3.32. The van der Waals surface area contributed by atoms with Gasteiger partial charge in [0, 0.05) is 39.9 Å². The van der Waals surface area contributed by atoms with Gasteiger partial charge in [0.2, 0.25) is 0 Å². The van der Waals surface area contributed by atoms with Gasteiger partial charge in [0.1, 0.15) is 5.15 Å². The highest BCUT2D eigenvalue weighted by Gasteiger charge is 2.27. The van der Waals surface area contributed by atoms with Gasteiger partial charge < -0.3 is 11.1 Å². The molecule has 0 bridgehead atoms. The molecule has 3 aromatic heterocycles. The molecule has 3 aromatic rings. The van der Waals surface area contributed by atoms with Gasteiger partial charge in [0.05, 0.1) is 15.9 Å². The average Bonchev–Trinajstić information content (AvgIpc) is 3.27. The van der Waals surface area contributed by atoms with Crippen molar-refractivity contribution in [2.24, 2.45) is 5.73 Å². The molecule has 3 N–H and O–H groups in total. The van der Waals surface area contributed by atoms with E-state index in [1.54, 1.807) is 22.7 Å². The molecule has 0 radical (unpaired) electrons. The number of pyridine rings is 1. The maximum absolute atomic E-state index is 6.41. The quantitative estimate of drug-likeness (QED) is 0.405. The van der Waals surface area contributed by atoms with E-state index in [1.165, 1.54) is 9.75 Å². The summed E-state index contributed by atoms with van der Waals surface area (Å²) in [6.45, 7) is 4.80. The van der Waals surface area contributed by atoms with Crippen LogP contribution < -0.4 is 11.1 Å². The molecule has 0 aromatic carbocycles. The van der Waals surface area contributed by atoms with E-state index in [4.69, 9.17) is 17.3 Å². The molecule has 26 heavy (non-hydrogen) atoms. The third-order valence-electron chi connectivity index (χ3n) is 4.73. The third-order valence-corrected chi connectivity index (χ3v) is 7.16. The van der Waals surface area contributed by atoms with Crippen LogP contribution in [0.15, 0.2) is 42.3 Å². The van der Waals surface area contributed by atoms with Crippen molar-refractivity contribution in [1.82, 2.24) is 4.98 Å². The molecule has 1 aliphatic rings. The smallest absolute Gasteiger partial charge is 0.131 e. The molecule has 0 amide bonds. The number of nitrogens with one attached hydrogen (secondary N) is 1. The molecular weight excluding hydrogens is 382 g/mol. The van der Waals surface area contributed by atoms with E-state index >= 15 is 0 Å². The number of halogens is 1. The number of nitrogens with two attached hydrogens (primary N) is 1. The van der Waals surface area contributed by atoms with Crippen LogP contribution in [0, 0.1) is 0 Å². The van der Waals surface area contributed by atoms with E-state index in [0.717, 1.165) is 40.9 Å². The highest BCUT2D eigenvalue weighted by atomic mass is 35.5. The van der Waals surface area contributed by atoms with Crippen molar-refractivity contribution in [2.75, 3.05) is 5.32 Å². The van der Waals surface area contributed by atoms with Gasteiger partial charge >= 0.3 is 0 Å². The van der Waals surface area contributed by atoms with Crippen molar-refractivity contribution in [3.05, 3.63) is 62.8 Å². The number of anilines is 1. The summed E-state index contributed by atoms with van der Waals surface area (Å²) in [4.78, 5) is 7.15. The zero-order valence-electron chi connectivity index (χ0n) is 14.2. The Morgan fingerprint density at radius 3 is 2.96 bits per heavy atom. The minimum Gasteiger partial charge on any atom is -0.379 e. The lowest BCUT2D eigenvalue weighted by molar-refractivity contribution is 0.527. The Kier molecular flexibility index (Phi) is 5.14. The van der Waals surface area contributed by atoms with Crippen LogP contribution in [0.25, 0.3) is 16.3 Å². The number of hydrogen-bond acceptors (Lipinski definition) is 5. The second-order valence-electron chi connectivity index (χ2n) is 6.40. The van der Waals surface area contributed by atoms with Crippen molar-refractivity contribution < 1.29 is 0 Å². The lowest BCUT2D eigenvalue weighted by Gasteiger charge is -2.24. The first-order valence-corrected chi connectivity index (χ1v) is 10.7. The molecule has 0 saturated heterocycles. The van der Waals surface area contributed by atoms with Crippen molar-refractivity contribution >= 4 is 56.3 Å². The Balaban J connectivity index is 1.78. The van der Waals surface area contributed by atoms with Crippen molar-refractivity contribution in [3.63, 3.8) is 0 Å². The Morgan fingerprint density at radius 1 is 1.38 bits per heavy atom. The number of fused-ring (bicyclic) bond motifs is 1. The van der Waals surface area contributed by atoms with Crippen LogP contribution in [0.2, 0.25) is 5.15 Å². The average molecular weight is 402 g/mol. The molecule has 134 valence electrons. The van der Waals surface area contributed by atoms with Gasteiger partial charge in [0.15, 0.2) is 0 Å². The molecule has 6 heteroatoms. The second kappa shape index (κ2) is 7.53. The summed E-state index contributed by atoms with van der Waals surface area (Å²) in [5.41, 5.74) is 9.42. The Labute approximate surface area is 166 Å². The monoisotopic (exact) mass is 401 g/mol. The summed E-state index contributed by atoms with van der Waals surface area (Å²) in [6, 6.07) is 6.23. The van der Waals surface area contributed by atoms with Gasteiger partial charge in [-0.05, 0) is 24.3 Å². The highest BCUT2D eigenvalue weighted by molar-refractivity contribution is 7.20. The molecular formula is C20H20ClN3S2. The number of rotatable bonds is 5. The number of thiophene rings is 2. The topological polar surface area (TPSA) is 50.9 Å². The fourth-order valence-electron chi connectivity index (χ4n) is 3.41. The Hall–Kier alpha value is -1.66. The highest BCUT2D eigenvalue weighted by Crippen LogP contribution is 2.43. The van der Waals surface area contributed by atoms with Crippen LogP contribution in [-0.4, -0.2) is 11.0 Å². The maximum Gasteiger partial charge on any atom is 0.131 e. The second-order valence-corrected chi connectivity index (χ2v) is 8.87. The minimum absolute atomic E-state index is 0.129. The van der Waals surface area contributed by atoms with Crippen molar-refractivity contribution in [3.8, 4) is 0 Å².